The van der Waals surface area contributed by atoms with Crippen LogP contribution < -0.4 is 9.64 Å². The minimum Gasteiger partial charge on any atom is -0.483 e. The Labute approximate surface area is 132 Å². The van der Waals surface area contributed by atoms with Gasteiger partial charge in [-0.15, -0.1) is 0 Å². The summed E-state index contributed by atoms with van der Waals surface area (Å²) in [4.78, 5) is 14.1. The number of rotatable bonds is 3. The largest absolute Gasteiger partial charge is 0.483 e. The predicted octanol–water partition coefficient (Wildman–Crippen LogP) is 3.73. The number of halogens is 1. The Morgan fingerprint density at radius 2 is 2.10 bits per heavy atom. The molecule has 1 aliphatic heterocycles. The second kappa shape index (κ2) is 5.90. The van der Waals surface area contributed by atoms with E-state index in [1.165, 1.54) is 5.56 Å². The van der Waals surface area contributed by atoms with Crippen molar-refractivity contribution in [3.8, 4) is 5.75 Å². The van der Waals surface area contributed by atoms with Gasteiger partial charge in [0.1, 0.15) is 5.75 Å². The molecule has 0 aromatic heterocycles. The molecule has 0 saturated carbocycles. The van der Waals surface area contributed by atoms with Crippen molar-refractivity contribution in [2.75, 3.05) is 18.1 Å². The Morgan fingerprint density at radius 3 is 2.90 bits per heavy atom. The van der Waals surface area contributed by atoms with Crippen molar-refractivity contribution >= 4 is 27.5 Å². The predicted molar refractivity (Wildman–Crippen MR) is 86.9 cm³/mol. The van der Waals surface area contributed by atoms with Crippen LogP contribution in [-0.2, 0) is 11.2 Å². The second-order valence-corrected chi connectivity index (χ2v) is 6.00. The lowest BCUT2D eigenvalue weighted by molar-refractivity contribution is -0.120. The topological polar surface area (TPSA) is 29.5 Å². The van der Waals surface area contributed by atoms with Gasteiger partial charge < -0.3 is 9.64 Å². The summed E-state index contributed by atoms with van der Waals surface area (Å²) in [5.41, 5.74) is 3.38. The van der Waals surface area contributed by atoms with Crippen LogP contribution in [-0.4, -0.2) is 19.1 Å². The summed E-state index contributed by atoms with van der Waals surface area (Å²) in [5.74, 6) is 0.689. The average molecular weight is 346 g/mol. The van der Waals surface area contributed by atoms with E-state index in [1.54, 1.807) is 4.90 Å². The van der Waals surface area contributed by atoms with Crippen LogP contribution in [0.15, 0.2) is 46.9 Å². The molecule has 1 aliphatic rings. The molecule has 0 unspecified atom stereocenters. The lowest BCUT2D eigenvalue weighted by Crippen LogP contribution is -2.33. The maximum Gasteiger partial charge on any atom is 0.264 e. The van der Waals surface area contributed by atoms with Gasteiger partial charge in [0, 0.05) is 12.2 Å². The number of carbonyl (C=O) groups excluding carboxylic acids is 1. The Kier molecular flexibility index (Phi) is 3.97. The van der Waals surface area contributed by atoms with E-state index in [9.17, 15) is 4.79 Å². The number of ether oxygens (including phenoxy) is 1. The highest BCUT2D eigenvalue weighted by atomic mass is 79.9. The molecule has 0 N–H and O–H groups in total. The zero-order valence-electron chi connectivity index (χ0n) is 11.8. The number of fused-ring (bicyclic) bond motifs is 1. The van der Waals surface area contributed by atoms with Crippen LogP contribution in [0.1, 0.15) is 11.1 Å². The van der Waals surface area contributed by atoms with Gasteiger partial charge in [0.15, 0.2) is 6.61 Å². The molecule has 0 fully saturated rings. The van der Waals surface area contributed by atoms with Crippen LogP contribution in [0, 0.1) is 6.92 Å². The van der Waals surface area contributed by atoms with E-state index < -0.39 is 0 Å². The Bertz CT molecular complexity index is 684. The number of benzene rings is 2. The van der Waals surface area contributed by atoms with E-state index in [0.29, 0.717) is 5.75 Å². The van der Waals surface area contributed by atoms with E-state index in [0.717, 1.165) is 28.7 Å². The van der Waals surface area contributed by atoms with Crippen molar-refractivity contribution in [1.29, 1.82) is 0 Å². The minimum atomic E-state index is -0.00701. The lowest BCUT2D eigenvalue weighted by Gasteiger charge is -2.18. The quantitative estimate of drug-likeness (QED) is 0.848. The van der Waals surface area contributed by atoms with Gasteiger partial charge in [-0.3, -0.25) is 4.79 Å². The van der Waals surface area contributed by atoms with Crippen LogP contribution in [0.2, 0.25) is 0 Å². The zero-order chi connectivity index (χ0) is 14.8. The van der Waals surface area contributed by atoms with E-state index in [1.807, 2.05) is 43.3 Å². The fraction of sp³-hybridized carbons (Fsp3) is 0.235. The monoisotopic (exact) mass is 345 g/mol. The summed E-state index contributed by atoms with van der Waals surface area (Å²) >= 11 is 3.46. The molecule has 0 spiro atoms. The van der Waals surface area contributed by atoms with Gasteiger partial charge >= 0.3 is 0 Å². The van der Waals surface area contributed by atoms with E-state index in [4.69, 9.17) is 4.74 Å². The van der Waals surface area contributed by atoms with E-state index in [2.05, 4.69) is 22.0 Å². The van der Waals surface area contributed by atoms with Crippen LogP contribution in [0.25, 0.3) is 0 Å². The number of carbonyl (C=O) groups is 1. The summed E-state index contributed by atoms with van der Waals surface area (Å²) < 4.78 is 6.52. The van der Waals surface area contributed by atoms with E-state index >= 15 is 0 Å². The average Bonchev–Trinajstić information content (AvgIpc) is 2.90. The molecule has 1 amide bonds. The van der Waals surface area contributed by atoms with Crippen molar-refractivity contribution in [2.45, 2.75) is 13.3 Å². The van der Waals surface area contributed by atoms with Crippen molar-refractivity contribution in [3.63, 3.8) is 0 Å². The summed E-state index contributed by atoms with van der Waals surface area (Å²) in [5, 5.41) is 0. The molecular weight excluding hydrogens is 330 g/mol. The van der Waals surface area contributed by atoms with Gasteiger partial charge in [-0.2, -0.15) is 0 Å². The highest BCUT2D eigenvalue weighted by Gasteiger charge is 2.24. The summed E-state index contributed by atoms with van der Waals surface area (Å²) in [6, 6.07) is 13.8. The van der Waals surface area contributed by atoms with Gasteiger partial charge in [0.25, 0.3) is 5.91 Å². The lowest BCUT2D eigenvalue weighted by atomic mass is 10.2. The maximum atomic E-state index is 12.3. The number of nitrogens with zero attached hydrogens (tertiary/aromatic N) is 1. The van der Waals surface area contributed by atoms with Crippen molar-refractivity contribution < 1.29 is 9.53 Å². The molecule has 2 aromatic carbocycles. The van der Waals surface area contributed by atoms with Crippen LogP contribution in [0.3, 0.4) is 0 Å². The first kappa shape index (κ1) is 14.1. The van der Waals surface area contributed by atoms with Crippen molar-refractivity contribution in [1.82, 2.24) is 0 Å². The second-order valence-electron chi connectivity index (χ2n) is 5.15. The van der Waals surface area contributed by atoms with Crippen LogP contribution in [0.5, 0.6) is 5.75 Å². The van der Waals surface area contributed by atoms with E-state index in [-0.39, 0.29) is 12.5 Å². The zero-order valence-corrected chi connectivity index (χ0v) is 13.4. The normalized spacial score (nSPS) is 13.1. The fourth-order valence-electron chi connectivity index (χ4n) is 2.54. The molecular formula is C17H16BrNO2. The van der Waals surface area contributed by atoms with Crippen molar-refractivity contribution in [2.24, 2.45) is 0 Å². The fourth-order valence-corrected chi connectivity index (χ4v) is 3.15. The summed E-state index contributed by atoms with van der Waals surface area (Å²) in [7, 11) is 0. The molecule has 3 rings (SSSR count). The molecule has 0 radical (unpaired) electrons. The smallest absolute Gasteiger partial charge is 0.264 e. The summed E-state index contributed by atoms with van der Waals surface area (Å²) in [6.45, 7) is 2.80. The Morgan fingerprint density at radius 1 is 1.29 bits per heavy atom. The molecule has 21 heavy (non-hydrogen) atoms. The first-order chi connectivity index (χ1) is 10.1. The number of anilines is 1. The number of aryl methyl sites for hydroxylation is 1. The molecule has 2 aromatic rings. The number of hydrogen-bond donors (Lipinski definition) is 0. The molecule has 0 aliphatic carbocycles. The standard InChI is InChI=1S/C17H16BrNO2/c1-12-6-7-16(14(18)10-12)21-11-17(20)19-9-8-13-4-2-3-5-15(13)19/h2-7,10H,8-9,11H2,1H3. The first-order valence-corrected chi connectivity index (χ1v) is 7.71. The molecule has 0 saturated heterocycles. The van der Waals surface area contributed by atoms with Crippen LogP contribution in [0.4, 0.5) is 5.69 Å². The highest BCUT2D eigenvalue weighted by molar-refractivity contribution is 9.10. The number of hydrogen-bond acceptors (Lipinski definition) is 2. The number of para-hydroxylation sites is 1. The molecule has 0 bridgehead atoms. The third-order valence-electron chi connectivity index (χ3n) is 3.63. The van der Waals surface area contributed by atoms with Gasteiger partial charge in [-0.25, -0.2) is 0 Å². The van der Waals surface area contributed by atoms with Gasteiger partial charge in [-0.1, -0.05) is 24.3 Å². The van der Waals surface area contributed by atoms with Gasteiger partial charge in [0.2, 0.25) is 0 Å². The first-order valence-electron chi connectivity index (χ1n) is 6.92. The molecule has 108 valence electrons. The highest BCUT2D eigenvalue weighted by Crippen LogP contribution is 2.28. The minimum absolute atomic E-state index is 0.00701. The maximum absolute atomic E-state index is 12.3. The Hall–Kier alpha value is -1.81. The van der Waals surface area contributed by atoms with Crippen molar-refractivity contribution in [3.05, 3.63) is 58.1 Å². The molecule has 0 atom stereocenters. The van der Waals surface area contributed by atoms with Gasteiger partial charge in [0.05, 0.1) is 4.47 Å². The SMILES string of the molecule is Cc1ccc(OCC(=O)N2CCc3ccccc32)c(Br)c1. The number of amides is 1. The van der Waals surface area contributed by atoms with Gasteiger partial charge in [-0.05, 0) is 58.6 Å². The molecule has 4 heteroatoms. The third kappa shape index (κ3) is 2.95. The molecule has 3 nitrogen and oxygen atoms in total. The Balaban J connectivity index is 1.68. The molecule has 1 heterocycles. The third-order valence-corrected chi connectivity index (χ3v) is 4.25. The summed E-state index contributed by atoms with van der Waals surface area (Å²) in [6.07, 6.45) is 0.913. The van der Waals surface area contributed by atoms with Crippen LogP contribution >= 0.6 is 15.9 Å².